The number of hydrogen-bond donors (Lipinski definition) is 2. The number of nitrogens with one attached hydrogen (secondary N) is 1. The Kier molecular flexibility index (Phi) is 15.3. The summed E-state index contributed by atoms with van der Waals surface area (Å²) in [6, 6.07) is 10.5. The molecule has 2 aromatic carbocycles. The molecule has 48 heavy (non-hydrogen) atoms. The van der Waals surface area contributed by atoms with E-state index in [9.17, 15) is 27.9 Å². The van der Waals surface area contributed by atoms with Crippen LogP contribution < -0.4 is 5.32 Å². The van der Waals surface area contributed by atoms with Gasteiger partial charge in [0.25, 0.3) is 0 Å². The van der Waals surface area contributed by atoms with Gasteiger partial charge in [0.15, 0.2) is 11.6 Å². The van der Waals surface area contributed by atoms with Crippen LogP contribution in [0.15, 0.2) is 42.5 Å². The summed E-state index contributed by atoms with van der Waals surface area (Å²) in [6.45, 7) is 4.91. The molecule has 3 atom stereocenters. The van der Waals surface area contributed by atoms with Gasteiger partial charge < -0.3 is 25.0 Å². The van der Waals surface area contributed by atoms with Crippen molar-refractivity contribution in [3.05, 3.63) is 71.0 Å². The maximum Gasteiger partial charge on any atom is 0.410 e. The van der Waals surface area contributed by atoms with Crippen molar-refractivity contribution >= 4 is 36.9 Å². The SMILES string of the molecule is CCCN(C(=O)OCc1ccc(F)c(F)c1)C1CCN(C[C@H]2C[C@H](C3(NCC(=O)O)CCCCC3)C[C@@H]2c2cccc(F)c2)CC1.Cl.Cl. The summed E-state index contributed by atoms with van der Waals surface area (Å²) < 4.78 is 46.9. The van der Waals surface area contributed by atoms with E-state index >= 15 is 0 Å². The molecule has 0 unspecified atom stereocenters. The number of benzene rings is 2. The van der Waals surface area contributed by atoms with Crippen LogP contribution in [-0.2, 0) is 16.1 Å². The van der Waals surface area contributed by atoms with Crippen molar-refractivity contribution in [2.24, 2.45) is 11.8 Å². The van der Waals surface area contributed by atoms with Gasteiger partial charge in [0.1, 0.15) is 12.4 Å². The lowest BCUT2D eigenvalue weighted by molar-refractivity contribution is -0.136. The van der Waals surface area contributed by atoms with Crippen LogP contribution in [0, 0.1) is 29.3 Å². The zero-order valence-electron chi connectivity index (χ0n) is 27.7. The molecule has 0 aromatic heterocycles. The van der Waals surface area contributed by atoms with Crippen LogP contribution in [0.3, 0.4) is 0 Å². The van der Waals surface area contributed by atoms with Crippen LogP contribution in [-0.4, -0.2) is 71.3 Å². The Hall–Kier alpha value is -2.53. The first-order valence-corrected chi connectivity index (χ1v) is 17.0. The first-order chi connectivity index (χ1) is 22.2. The van der Waals surface area contributed by atoms with E-state index in [1.54, 1.807) is 17.0 Å². The molecule has 7 nitrogen and oxygen atoms in total. The minimum Gasteiger partial charge on any atom is -0.480 e. The fourth-order valence-corrected chi connectivity index (χ4v) is 8.35. The molecule has 1 saturated heterocycles. The van der Waals surface area contributed by atoms with Crippen molar-refractivity contribution in [2.45, 2.75) is 95.2 Å². The first-order valence-electron chi connectivity index (χ1n) is 17.0. The Labute approximate surface area is 294 Å². The average Bonchev–Trinajstić information content (AvgIpc) is 3.48. The van der Waals surface area contributed by atoms with Crippen LogP contribution in [0.25, 0.3) is 0 Å². The van der Waals surface area contributed by atoms with E-state index in [4.69, 9.17) is 4.74 Å². The smallest absolute Gasteiger partial charge is 0.410 e. The highest BCUT2D eigenvalue weighted by atomic mass is 35.5. The second kappa shape index (κ2) is 18.5. The molecule has 1 amide bonds. The van der Waals surface area contributed by atoms with Crippen LogP contribution in [0.2, 0.25) is 0 Å². The van der Waals surface area contributed by atoms with E-state index in [1.165, 1.54) is 18.6 Å². The van der Waals surface area contributed by atoms with Crippen molar-refractivity contribution in [2.75, 3.05) is 32.7 Å². The summed E-state index contributed by atoms with van der Waals surface area (Å²) in [6.07, 6.45) is 9.08. The molecule has 3 fully saturated rings. The number of amides is 1. The second-order valence-corrected chi connectivity index (χ2v) is 13.6. The van der Waals surface area contributed by atoms with Gasteiger partial charge in [0.2, 0.25) is 0 Å². The lowest BCUT2D eigenvalue weighted by Gasteiger charge is -2.43. The first kappa shape index (κ1) is 39.9. The summed E-state index contributed by atoms with van der Waals surface area (Å²) >= 11 is 0. The lowest BCUT2D eigenvalue weighted by Crippen LogP contribution is -2.53. The van der Waals surface area contributed by atoms with Gasteiger partial charge in [-0.15, -0.1) is 24.8 Å². The van der Waals surface area contributed by atoms with Gasteiger partial charge in [0.05, 0.1) is 6.54 Å². The Morgan fingerprint density at radius 1 is 1.00 bits per heavy atom. The molecule has 3 aliphatic rings. The zero-order valence-corrected chi connectivity index (χ0v) is 29.3. The molecule has 1 heterocycles. The fourth-order valence-electron chi connectivity index (χ4n) is 8.35. The summed E-state index contributed by atoms with van der Waals surface area (Å²) in [4.78, 5) is 28.9. The Bertz CT molecular complexity index is 1340. The predicted octanol–water partition coefficient (Wildman–Crippen LogP) is 7.95. The maximum absolute atomic E-state index is 14.4. The fraction of sp³-hybridized carbons (Fsp3) is 0.611. The average molecular weight is 717 g/mol. The molecule has 12 heteroatoms. The summed E-state index contributed by atoms with van der Waals surface area (Å²) in [5.41, 5.74) is 1.21. The molecule has 1 aliphatic heterocycles. The number of likely N-dealkylation sites (tertiary alicyclic amines) is 1. The molecular formula is C36H50Cl2F3N3O4. The van der Waals surface area contributed by atoms with Crippen molar-refractivity contribution in [3.8, 4) is 0 Å². The molecule has 2 aromatic rings. The van der Waals surface area contributed by atoms with Crippen LogP contribution in [0.4, 0.5) is 18.0 Å². The number of rotatable bonds is 12. The van der Waals surface area contributed by atoms with E-state index in [1.807, 2.05) is 13.0 Å². The zero-order chi connectivity index (χ0) is 32.7. The summed E-state index contributed by atoms with van der Waals surface area (Å²) in [5, 5.41) is 13.0. The van der Waals surface area contributed by atoms with Gasteiger partial charge in [-0.2, -0.15) is 0 Å². The third kappa shape index (κ3) is 10.0. The van der Waals surface area contributed by atoms with Gasteiger partial charge in [0, 0.05) is 37.8 Å². The van der Waals surface area contributed by atoms with Gasteiger partial charge in [-0.25, -0.2) is 18.0 Å². The van der Waals surface area contributed by atoms with E-state index in [-0.39, 0.29) is 61.3 Å². The molecule has 5 rings (SSSR count). The van der Waals surface area contributed by atoms with E-state index in [0.717, 1.165) is 95.1 Å². The van der Waals surface area contributed by atoms with Crippen molar-refractivity contribution < 1.29 is 32.6 Å². The molecule has 0 bridgehead atoms. The quantitative estimate of drug-likeness (QED) is 0.232. The number of halogens is 5. The van der Waals surface area contributed by atoms with Crippen molar-refractivity contribution in [1.82, 2.24) is 15.1 Å². The standard InChI is InChI=1S/C36H48F3N3O4.2ClH/c1-2-15-42(35(45)46-24-25-9-10-32(38)33(39)18-25)30-11-16-41(17-12-30)23-27-19-28(21-31(27)26-7-6-8-29(37)20-26)36(40-22-34(43)44)13-4-3-5-14-36;;/h6-10,18,20,27-28,30-31,40H,2-5,11-17,19,21-24H2,1H3,(H,43,44);2*1H/t27-,28+,31-;;/m1../s1. The number of carboxylic acids is 1. The van der Waals surface area contributed by atoms with Gasteiger partial charge in [-0.05, 0) is 98.1 Å². The molecule has 0 radical (unpaired) electrons. The van der Waals surface area contributed by atoms with Gasteiger partial charge in [-0.3, -0.25) is 4.79 Å². The van der Waals surface area contributed by atoms with Crippen LogP contribution in [0.5, 0.6) is 0 Å². The van der Waals surface area contributed by atoms with Gasteiger partial charge >= 0.3 is 12.1 Å². The number of carboxylic acid groups (broad SMARTS) is 1. The molecular weight excluding hydrogens is 666 g/mol. The number of nitrogens with zero attached hydrogens (tertiary/aromatic N) is 2. The van der Waals surface area contributed by atoms with Gasteiger partial charge in [-0.1, -0.05) is 44.4 Å². The number of carbonyl (C=O) groups is 2. The molecule has 0 spiro atoms. The van der Waals surface area contributed by atoms with Crippen molar-refractivity contribution in [3.63, 3.8) is 0 Å². The van der Waals surface area contributed by atoms with E-state index < -0.39 is 23.7 Å². The Morgan fingerprint density at radius 3 is 2.38 bits per heavy atom. The van der Waals surface area contributed by atoms with Crippen molar-refractivity contribution in [1.29, 1.82) is 0 Å². The maximum atomic E-state index is 14.4. The predicted molar refractivity (Wildman–Crippen MR) is 184 cm³/mol. The van der Waals surface area contributed by atoms with E-state index in [0.29, 0.717) is 23.9 Å². The highest BCUT2D eigenvalue weighted by molar-refractivity contribution is 5.85. The largest absolute Gasteiger partial charge is 0.480 e. The minimum absolute atomic E-state index is 0. The number of hydrogen-bond acceptors (Lipinski definition) is 5. The Balaban J connectivity index is 0.00000312. The summed E-state index contributed by atoms with van der Waals surface area (Å²) in [7, 11) is 0. The molecule has 2 saturated carbocycles. The monoisotopic (exact) mass is 715 g/mol. The third-order valence-corrected chi connectivity index (χ3v) is 10.6. The highest BCUT2D eigenvalue weighted by Crippen LogP contribution is 2.51. The third-order valence-electron chi connectivity index (χ3n) is 10.6. The topological polar surface area (TPSA) is 82.1 Å². The normalized spacial score (nSPS) is 22.7. The highest BCUT2D eigenvalue weighted by Gasteiger charge is 2.47. The molecule has 2 N–H and O–H groups in total. The number of piperidine rings is 1. The van der Waals surface area contributed by atoms with Crippen LogP contribution in [0.1, 0.15) is 88.2 Å². The molecule has 268 valence electrons. The lowest BCUT2D eigenvalue weighted by atomic mass is 9.71. The van der Waals surface area contributed by atoms with Crippen LogP contribution >= 0.6 is 24.8 Å². The summed E-state index contributed by atoms with van der Waals surface area (Å²) in [5.74, 6) is -2.17. The minimum atomic E-state index is -0.968. The molecule has 2 aliphatic carbocycles. The Morgan fingerprint density at radius 2 is 1.73 bits per heavy atom. The number of ether oxygens (including phenoxy) is 1. The number of aliphatic carboxylic acids is 1. The van der Waals surface area contributed by atoms with E-state index in [2.05, 4.69) is 10.2 Å². The number of carbonyl (C=O) groups excluding carboxylic acids is 1. The second-order valence-electron chi connectivity index (χ2n) is 13.6.